The number of nitrogens with zero attached hydrogens (tertiary/aromatic N) is 2. The summed E-state index contributed by atoms with van der Waals surface area (Å²) in [6.07, 6.45) is 7.63. The summed E-state index contributed by atoms with van der Waals surface area (Å²) in [6, 6.07) is 0. The fourth-order valence-electron chi connectivity index (χ4n) is 3.21. The second-order valence-corrected chi connectivity index (χ2v) is 5.53. The van der Waals surface area contributed by atoms with Gasteiger partial charge in [-0.25, -0.2) is 4.98 Å². The molecule has 4 heteroatoms. The van der Waals surface area contributed by atoms with E-state index in [1.54, 1.807) is 0 Å². The van der Waals surface area contributed by atoms with E-state index in [0.717, 1.165) is 57.8 Å². The van der Waals surface area contributed by atoms with Crippen molar-refractivity contribution < 1.29 is 9.84 Å². The van der Waals surface area contributed by atoms with Gasteiger partial charge in [-0.15, -0.1) is 0 Å². The molecule has 4 nitrogen and oxygen atoms in total. The van der Waals surface area contributed by atoms with E-state index in [2.05, 4.69) is 9.55 Å². The van der Waals surface area contributed by atoms with Crippen LogP contribution in [0.2, 0.25) is 0 Å². The fraction of sp³-hybridized carbons (Fsp3) is 0.786. The first kappa shape index (κ1) is 12.2. The van der Waals surface area contributed by atoms with Gasteiger partial charge in [-0.05, 0) is 31.6 Å². The average molecular weight is 250 g/mol. The van der Waals surface area contributed by atoms with E-state index in [1.165, 1.54) is 11.5 Å². The number of ether oxygens (including phenoxy) is 1. The highest BCUT2D eigenvalue weighted by atomic mass is 16.5. The highest BCUT2D eigenvalue weighted by Gasteiger charge is 2.24. The van der Waals surface area contributed by atoms with Gasteiger partial charge in [0, 0.05) is 44.0 Å². The normalized spacial score (nSPS) is 25.1. The maximum atomic E-state index is 9.41. The van der Waals surface area contributed by atoms with Gasteiger partial charge in [-0.1, -0.05) is 0 Å². The number of hydrogen-bond acceptors (Lipinski definition) is 3. The number of hydrogen-bond donors (Lipinski definition) is 1. The van der Waals surface area contributed by atoms with E-state index >= 15 is 0 Å². The van der Waals surface area contributed by atoms with Gasteiger partial charge in [-0.2, -0.15) is 0 Å². The zero-order valence-electron chi connectivity index (χ0n) is 10.8. The quantitative estimate of drug-likeness (QED) is 0.888. The monoisotopic (exact) mass is 250 g/mol. The largest absolute Gasteiger partial charge is 0.396 e. The number of aromatic nitrogens is 2. The second-order valence-electron chi connectivity index (χ2n) is 5.53. The van der Waals surface area contributed by atoms with Crippen LogP contribution in [0, 0.1) is 5.92 Å². The Bertz CT molecular complexity index is 396. The summed E-state index contributed by atoms with van der Waals surface area (Å²) in [5, 5.41) is 9.41. The van der Waals surface area contributed by atoms with Gasteiger partial charge in [0.1, 0.15) is 5.82 Å². The van der Waals surface area contributed by atoms with Gasteiger partial charge in [0.25, 0.3) is 0 Å². The molecular weight excluding hydrogens is 228 g/mol. The SMILES string of the molecule is OCC1CCCn2c1cnc2CC1CCOCC1. The van der Waals surface area contributed by atoms with Crippen molar-refractivity contribution in [2.75, 3.05) is 19.8 Å². The summed E-state index contributed by atoms with van der Waals surface area (Å²) in [4.78, 5) is 4.60. The van der Waals surface area contributed by atoms with Crippen LogP contribution in [0.3, 0.4) is 0 Å². The van der Waals surface area contributed by atoms with Crippen molar-refractivity contribution in [3.8, 4) is 0 Å². The van der Waals surface area contributed by atoms with E-state index in [0.29, 0.717) is 5.92 Å². The van der Waals surface area contributed by atoms with Gasteiger partial charge < -0.3 is 14.4 Å². The molecular formula is C14H22N2O2. The molecule has 0 aliphatic carbocycles. The molecule has 100 valence electrons. The van der Waals surface area contributed by atoms with Crippen molar-refractivity contribution >= 4 is 0 Å². The van der Waals surface area contributed by atoms with Crippen molar-refractivity contribution in [2.24, 2.45) is 5.92 Å². The van der Waals surface area contributed by atoms with Gasteiger partial charge in [0.05, 0.1) is 6.61 Å². The lowest BCUT2D eigenvalue weighted by Gasteiger charge is -2.26. The molecule has 3 rings (SSSR count). The zero-order valence-corrected chi connectivity index (χ0v) is 10.8. The molecule has 1 fully saturated rings. The highest BCUT2D eigenvalue weighted by Crippen LogP contribution is 2.29. The lowest BCUT2D eigenvalue weighted by molar-refractivity contribution is 0.0656. The van der Waals surface area contributed by atoms with Crippen LogP contribution in [0.25, 0.3) is 0 Å². The summed E-state index contributed by atoms with van der Waals surface area (Å²) >= 11 is 0. The molecule has 1 aromatic rings. The Morgan fingerprint density at radius 2 is 2.17 bits per heavy atom. The first-order valence-corrected chi connectivity index (χ1v) is 7.11. The maximum Gasteiger partial charge on any atom is 0.109 e. The average Bonchev–Trinajstić information content (AvgIpc) is 2.83. The van der Waals surface area contributed by atoms with Crippen LogP contribution in [0.15, 0.2) is 6.20 Å². The molecule has 0 bridgehead atoms. The van der Waals surface area contributed by atoms with Gasteiger partial charge in [0.15, 0.2) is 0 Å². The lowest BCUT2D eigenvalue weighted by atomic mass is 9.95. The lowest BCUT2D eigenvalue weighted by Crippen LogP contribution is -2.22. The molecule has 0 spiro atoms. The minimum absolute atomic E-state index is 0.252. The molecule has 0 aromatic carbocycles. The Labute approximate surface area is 108 Å². The molecule has 0 amide bonds. The van der Waals surface area contributed by atoms with Crippen LogP contribution < -0.4 is 0 Å². The number of imidazole rings is 1. The van der Waals surface area contributed by atoms with Gasteiger partial charge in [0.2, 0.25) is 0 Å². The molecule has 1 unspecified atom stereocenters. The summed E-state index contributed by atoms with van der Waals surface area (Å²) in [6.45, 7) is 3.13. The molecule has 1 N–H and O–H groups in total. The molecule has 3 heterocycles. The summed E-state index contributed by atoms with van der Waals surface area (Å²) < 4.78 is 7.75. The van der Waals surface area contributed by atoms with Crippen LogP contribution in [0.1, 0.15) is 43.1 Å². The minimum atomic E-state index is 0.252. The topological polar surface area (TPSA) is 47.3 Å². The molecule has 1 aromatic heterocycles. The highest BCUT2D eigenvalue weighted by molar-refractivity contribution is 5.14. The fourth-order valence-corrected chi connectivity index (χ4v) is 3.21. The minimum Gasteiger partial charge on any atom is -0.396 e. The maximum absolute atomic E-state index is 9.41. The molecule has 1 saturated heterocycles. The van der Waals surface area contributed by atoms with Crippen LogP contribution in [0.5, 0.6) is 0 Å². The Morgan fingerprint density at radius 1 is 1.33 bits per heavy atom. The van der Waals surface area contributed by atoms with Crippen molar-refractivity contribution in [2.45, 2.75) is 44.6 Å². The number of fused-ring (bicyclic) bond motifs is 1. The van der Waals surface area contributed by atoms with Crippen LogP contribution in [-0.2, 0) is 17.7 Å². The second kappa shape index (κ2) is 5.41. The summed E-state index contributed by atoms with van der Waals surface area (Å²) in [7, 11) is 0. The van der Waals surface area contributed by atoms with Crippen LogP contribution in [0.4, 0.5) is 0 Å². The first-order valence-electron chi connectivity index (χ1n) is 7.11. The number of aliphatic hydroxyl groups excluding tert-OH is 1. The van der Waals surface area contributed by atoms with E-state index in [4.69, 9.17) is 4.74 Å². The number of aliphatic hydroxyl groups is 1. The predicted octanol–water partition coefficient (Wildman–Crippen LogP) is 1.72. The third-order valence-electron chi connectivity index (χ3n) is 4.35. The van der Waals surface area contributed by atoms with Crippen molar-refractivity contribution in [1.82, 2.24) is 9.55 Å². The molecule has 18 heavy (non-hydrogen) atoms. The molecule has 0 radical (unpaired) electrons. The Kier molecular flexibility index (Phi) is 3.66. The van der Waals surface area contributed by atoms with E-state index in [9.17, 15) is 5.11 Å². The third kappa shape index (κ3) is 2.31. The summed E-state index contributed by atoms with van der Waals surface area (Å²) in [5.74, 6) is 2.24. The number of rotatable bonds is 3. The Balaban J connectivity index is 1.74. The van der Waals surface area contributed by atoms with Gasteiger partial charge >= 0.3 is 0 Å². The first-order chi connectivity index (χ1) is 8.88. The van der Waals surface area contributed by atoms with Crippen LogP contribution in [-0.4, -0.2) is 34.5 Å². The molecule has 2 aliphatic rings. The van der Waals surface area contributed by atoms with Crippen molar-refractivity contribution in [3.05, 3.63) is 17.7 Å². The van der Waals surface area contributed by atoms with Gasteiger partial charge in [-0.3, -0.25) is 0 Å². The predicted molar refractivity (Wildman–Crippen MR) is 68.5 cm³/mol. The standard InChI is InChI=1S/C14H22N2O2/c17-10-12-2-1-5-16-13(12)9-15-14(16)8-11-3-6-18-7-4-11/h9,11-12,17H,1-8,10H2. The third-order valence-corrected chi connectivity index (χ3v) is 4.35. The zero-order chi connectivity index (χ0) is 12.4. The van der Waals surface area contributed by atoms with E-state index in [-0.39, 0.29) is 6.61 Å². The smallest absolute Gasteiger partial charge is 0.109 e. The molecule has 0 saturated carbocycles. The molecule has 2 aliphatic heterocycles. The van der Waals surface area contributed by atoms with E-state index in [1.807, 2.05) is 6.20 Å². The Morgan fingerprint density at radius 3 is 2.94 bits per heavy atom. The van der Waals surface area contributed by atoms with E-state index < -0.39 is 0 Å². The van der Waals surface area contributed by atoms with Crippen LogP contribution >= 0.6 is 0 Å². The van der Waals surface area contributed by atoms with Crippen molar-refractivity contribution in [1.29, 1.82) is 0 Å². The Hall–Kier alpha value is -0.870. The van der Waals surface area contributed by atoms with Crippen molar-refractivity contribution in [3.63, 3.8) is 0 Å². The summed E-state index contributed by atoms with van der Waals surface area (Å²) in [5.41, 5.74) is 1.24. The molecule has 1 atom stereocenters.